The third-order valence-electron chi connectivity index (χ3n) is 3.22. The second kappa shape index (κ2) is 8.31. The fraction of sp³-hybridized carbons (Fsp3) is 0.176. The highest BCUT2D eigenvalue weighted by atomic mass is 35.5. The van der Waals surface area contributed by atoms with E-state index in [2.05, 4.69) is 10.6 Å². The molecule has 0 aliphatic carbocycles. The molecule has 0 bridgehead atoms. The minimum Gasteiger partial charge on any atom is -0.375 e. The van der Waals surface area contributed by atoms with Gasteiger partial charge in [0.05, 0.1) is 0 Å². The summed E-state index contributed by atoms with van der Waals surface area (Å²) in [5.74, 6) is -1.46. The van der Waals surface area contributed by atoms with Crippen LogP contribution in [0.15, 0.2) is 54.6 Å². The number of rotatable bonds is 5. The van der Waals surface area contributed by atoms with Gasteiger partial charge in [-0.1, -0.05) is 48.0 Å². The average Bonchev–Trinajstić information content (AvgIpc) is 2.57. The van der Waals surface area contributed by atoms with E-state index in [1.54, 1.807) is 30.3 Å². The smallest absolute Gasteiger partial charge is 0.313 e. The van der Waals surface area contributed by atoms with Crippen LogP contribution in [0.5, 0.6) is 0 Å². The number of ether oxygens (including phenoxy) is 1. The van der Waals surface area contributed by atoms with E-state index in [1.165, 1.54) is 7.11 Å². The van der Waals surface area contributed by atoms with Crippen LogP contribution in [0.1, 0.15) is 11.7 Å². The van der Waals surface area contributed by atoms with Gasteiger partial charge >= 0.3 is 11.8 Å². The summed E-state index contributed by atoms with van der Waals surface area (Å²) in [6.45, 7) is 0.140. The van der Waals surface area contributed by atoms with Gasteiger partial charge in [0.25, 0.3) is 0 Å². The van der Waals surface area contributed by atoms with E-state index < -0.39 is 17.9 Å². The second-order valence-electron chi connectivity index (χ2n) is 4.78. The highest BCUT2D eigenvalue weighted by Crippen LogP contribution is 2.24. The maximum Gasteiger partial charge on any atom is 0.313 e. The van der Waals surface area contributed by atoms with Crippen molar-refractivity contribution in [1.29, 1.82) is 0 Å². The summed E-state index contributed by atoms with van der Waals surface area (Å²) < 4.78 is 5.33. The Balaban J connectivity index is 1.92. The average molecular weight is 333 g/mol. The van der Waals surface area contributed by atoms with Gasteiger partial charge in [0.1, 0.15) is 6.10 Å². The van der Waals surface area contributed by atoms with E-state index in [9.17, 15) is 9.59 Å². The molecule has 0 saturated carbocycles. The molecule has 2 rings (SSSR count). The lowest BCUT2D eigenvalue weighted by Gasteiger charge is -2.17. The number of para-hydroxylation sites is 1. The largest absolute Gasteiger partial charge is 0.375 e. The van der Waals surface area contributed by atoms with E-state index in [1.807, 2.05) is 24.3 Å². The quantitative estimate of drug-likeness (QED) is 0.827. The molecular formula is C17H17ClN2O3. The number of anilines is 1. The molecule has 0 saturated heterocycles. The predicted octanol–water partition coefficient (Wildman–Crippen LogP) is 2.78. The fourth-order valence-corrected chi connectivity index (χ4v) is 2.29. The first-order valence-electron chi connectivity index (χ1n) is 7.03. The number of hydrogen-bond acceptors (Lipinski definition) is 3. The Morgan fingerprint density at radius 2 is 1.70 bits per heavy atom. The van der Waals surface area contributed by atoms with Crippen LogP contribution in [0.2, 0.25) is 5.02 Å². The van der Waals surface area contributed by atoms with Crippen molar-refractivity contribution in [3.05, 3.63) is 65.2 Å². The summed E-state index contributed by atoms with van der Waals surface area (Å²) in [5, 5.41) is 5.61. The van der Waals surface area contributed by atoms with Crippen molar-refractivity contribution in [3.8, 4) is 0 Å². The molecule has 120 valence electrons. The third kappa shape index (κ3) is 4.81. The van der Waals surface area contributed by atoms with Crippen LogP contribution in [0, 0.1) is 0 Å². The monoisotopic (exact) mass is 332 g/mol. The molecule has 0 heterocycles. The first kappa shape index (κ1) is 17.0. The summed E-state index contributed by atoms with van der Waals surface area (Å²) >= 11 is 6.11. The van der Waals surface area contributed by atoms with Gasteiger partial charge in [-0.2, -0.15) is 0 Å². The normalized spacial score (nSPS) is 11.6. The molecule has 2 aromatic rings. The highest BCUT2D eigenvalue weighted by Gasteiger charge is 2.18. The standard InChI is InChI=1S/C17H17ClN2O3/c1-23-15(13-9-5-6-10-14(13)18)11-19-16(21)17(22)20-12-7-3-2-4-8-12/h2-10,15H,11H2,1H3,(H,19,21)(H,20,22). The van der Waals surface area contributed by atoms with Crippen LogP contribution in [0.4, 0.5) is 5.69 Å². The van der Waals surface area contributed by atoms with Gasteiger partial charge in [-0.15, -0.1) is 0 Å². The number of hydrogen-bond donors (Lipinski definition) is 2. The van der Waals surface area contributed by atoms with Crippen LogP contribution in [-0.2, 0) is 14.3 Å². The molecule has 0 fully saturated rings. The Labute approximate surface area is 139 Å². The number of amides is 2. The predicted molar refractivity (Wildman–Crippen MR) is 89.3 cm³/mol. The molecule has 0 spiro atoms. The molecule has 23 heavy (non-hydrogen) atoms. The number of carbonyl (C=O) groups excluding carboxylic acids is 2. The van der Waals surface area contributed by atoms with Crippen LogP contribution in [-0.4, -0.2) is 25.5 Å². The Morgan fingerprint density at radius 1 is 1.04 bits per heavy atom. The summed E-state index contributed by atoms with van der Waals surface area (Å²) in [6, 6.07) is 16.0. The van der Waals surface area contributed by atoms with Crippen LogP contribution >= 0.6 is 11.6 Å². The molecule has 2 amide bonds. The molecule has 1 unspecified atom stereocenters. The van der Waals surface area contributed by atoms with E-state index in [0.29, 0.717) is 10.7 Å². The van der Waals surface area contributed by atoms with Crippen molar-refractivity contribution in [2.24, 2.45) is 0 Å². The molecule has 0 radical (unpaired) electrons. The fourth-order valence-electron chi connectivity index (χ4n) is 2.03. The zero-order chi connectivity index (χ0) is 16.7. The minimum absolute atomic E-state index is 0.140. The van der Waals surface area contributed by atoms with Gasteiger partial charge in [0, 0.05) is 29.9 Å². The molecule has 0 aliphatic rings. The second-order valence-corrected chi connectivity index (χ2v) is 5.18. The van der Waals surface area contributed by atoms with Gasteiger partial charge in [-0.05, 0) is 18.2 Å². The lowest BCUT2D eigenvalue weighted by atomic mass is 10.1. The van der Waals surface area contributed by atoms with Crippen LogP contribution in [0.3, 0.4) is 0 Å². The van der Waals surface area contributed by atoms with Crippen molar-refractivity contribution in [2.45, 2.75) is 6.10 Å². The summed E-state index contributed by atoms with van der Waals surface area (Å²) in [4.78, 5) is 23.7. The lowest BCUT2D eigenvalue weighted by Crippen LogP contribution is -2.38. The molecular weight excluding hydrogens is 316 g/mol. The maximum absolute atomic E-state index is 11.9. The van der Waals surface area contributed by atoms with Gasteiger partial charge in [-0.25, -0.2) is 0 Å². The highest BCUT2D eigenvalue weighted by molar-refractivity contribution is 6.39. The summed E-state index contributed by atoms with van der Waals surface area (Å²) in [5.41, 5.74) is 1.31. The summed E-state index contributed by atoms with van der Waals surface area (Å²) in [6.07, 6.45) is -0.433. The first-order valence-corrected chi connectivity index (χ1v) is 7.41. The van der Waals surface area contributed by atoms with Gasteiger partial charge in [-0.3, -0.25) is 9.59 Å². The van der Waals surface area contributed by atoms with E-state index in [4.69, 9.17) is 16.3 Å². The number of benzene rings is 2. The SMILES string of the molecule is COC(CNC(=O)C(=O)Nc1ccccc1)c1ccccc1Cl. The minimum atomic E-state index is -0.733. The molecule has 2 aromatic carbocycles. The van der Waals surface area contributed by atoms with Gasteiger partial charge in [0.2, 0.25) is 0 Å². The Kier molecular flexibility index (Phi) is 6.14. The zero-order valence-electron chi connectivity index (χ0n) is 12.6. The van der Waals surface area contributed by atoms with Crippen molar-refractivity contribution in [2.75, 3.05) is 19.0 Å². The maximum atomic E-state index is 11.9. The van der Waals surface area contributed by atoms with E-state index in [0.717, 1.165) is 5.56 Å². The van der Waals surface area contributed by atoms with Crippen molar-refractivity contribution < 1.29 is 14.3 Å². The Bertz CT molecular complexity index is 677. The van der Waals surface area contributed by atoms with Crippen molar-refractivity contribution >= 4 is 29.1 Å². The molecule has 1 atom stereocenters. The van der Waals surface area contributed by atoms with Crippen LogP contribution in [0.25, 0.3) is 0 Å². The van der Waals surface area contributed by atoms with Gasteiger partial charge in [0.15, 0.2) is 0 Å². The Hall–Kier alpha value is -2.37. The zero-order valence-corrected chi connectivity index (χ0v) is 13.3. The molecule has 0 aliphatic heterocycles. The topological polar surface area (TPSA) is 67.4 Å². The van der Waals surface area contributed by atoms with E-state index in [-0.39, 0.29) is 6.54 Å². The molecule has 2 N–H and O–H groups in total. The van der Waals surface area contributed by atoms with Crippen molar-refractivity contribution in [1.82, 2.24) is 5.32 Å². The summed E-state index contributed by atoms with van der Waals surface area (Å²) in [7, 11) is 1.52. The van der Waals surface area contributed by atoms with Crippen LogP contribution < -0.4 is 10.6 Å². The molecule has 6 heteroatoms. The number of halogens is 1. The van der Waals surface area contributed by atoms with Crippen molar-refractivity contribution in [3.63, 3.8) is 0 Å². The molecule has 5 nitrogen and oxygen atoms in total. The Morgan fingerprint density at radius 3 is 2.35 bits per heavy atom. The molecule has 0 aromatic heterocycles. The first-order chi connectivity index (χ1) is 11.1. The number of methoxy groups -OCH3 is 1. The number of nitrogens with one attached hydrogen (secondary N) is 2. The number of carbonyl (C=O) groups is 2. The third-order valence-corrected chi connectivity index (χ3v) is 3.57. The lowest BCUT2D eigenvalue weighted by molar-refractivity contribution is -0.136. The van der Waals surface area contributed by atoms with E-state index >= 15 is 0 Å². The van der Waals surface area contributed by atoms with Gasteiger partial charge < -0.3 is 15.4 Å².